The van der Waals surface area contributed by atoms with Crippen molar-refractivity contribution in [2.75, 3.05) is 46.6 Å². The SMILES string of the molecule is CN[C@@H]1C(O)[C@@H](OC2C(O)C(O[C@H]3O[C@H](CNCCO)CCC3N)[C@@H](N)C[C@H]2N=C(N)C2(O)COC2)OCC1(C)O. The van der Waals surface area contributed by atoms with Crippen molar-refractivity contribution in [3.8, 4) is 0 Å². The lowest BCUT2D eigenvalue weighted by molar-refractivity contribution is -0.306. The van der Waals surface area contributed by atoms with Crippen molar-refractivity contribution in [1.82, 2.24) is 10.6 Å². The van der Waals surface area contributed by atoms with Crippen LogP contribution in [-0.2, 0) is 23.7 Å². The first-order valence-corrected chi connectivity index (χ1v) is 14.2. The number of aliphatic hydroxyl groups is 5. The number of aliphatic imine (C=N–C) groups is 1. The third kappa shape index (κ3) is 7.35. The molecular weight excluding hydrogens is 544 g/mol. The lowest BCUT2D eigenvalue weighted by atomic mass is 9.83. The second-order valence-corrected chi connectivity index (χ2v) is 11.8. The number of likely N-dealkylation sites (N-methyl/N-ethyl adjacent to an activating group) is 1. The summed E-state index contributed by atoms with van der Waals surface area (Å²) >= 11 is 0. The van der Waals surface area contributed by atoms with Crippen LogP contribution in [0.4, 0.5) is 0 Å². The van der Waals surface area contributed by atoms with Crippen molar-refractivity contribution in [3.05, 3.63) is 0 Å². The number of rotatable bonds is 11. The van der Waals surface area contributed by atoms with Gasteiger partial charge in [-0.15, -0.1) is 0 Å². The molecule has 4 rings (SSSR count). The molecule has 0 spiro atoms. The zero-order valence-corrected chi connectivity index (χ0v) is 23.7. The molecule has 3 saturated heterocycles. The molecule has 6 unspecified atom stereocenters. The quantitative estimate of drug-likeness (QED) is 0.0611. The highest BCUT2D eigenvalue weighted by atomic mass is 16.7. The van der Waals surface area contributed by atoms with Crippen LogP contribution >= 0.6 is 0 Å². The van der Waals surface area contributed by atoms with Crippen molar-refractivity contribution in [2.24, 2.45) is 22.2 Å². The summed E-state index contributed by atoms with van der Waals surface area (Å²) < 4.78 is 29.2. The predicted molar refractivity (Wildman–Crippen MR) is 145 cm³/mol. The molecule has 16 nitrogen and oxygen atoms in total. The van der Waals surface area contributed by atoms with Crippen molar-refractivity contribution >= 4 is 5.84 Å². The first kappa shape index (κ1) is 32.8. The van der Waals surface area contributed by atoms with Crippen LogP contribution in [0.1, 0.15) is 26.2 Å². The number of nitrogens with one attached hydrogen (secondary N) is 2. The molecule has 1 saturated carbocycles. The van der Waals surface area contributed by atoms with E-state index in [-0.39, 0.29) is 44.8 Å². The molecule has 12 atom stereocenters. The first-order valence-electron chi connectivity index (χ1n) is 14.2. The number of amidine groups is 1. The van der Waals surface area contributed by atoms with Crippen molar-refractivity contribution in [3.63, 3.8) is 0 Å². The van der Waals surface area contributed by atoms with Gasteiger partial charge in [-0.3, -0.25) is 4.99 Å². The number of hydrogen-bond acceptors (Lipinski definition) is 15. The summed E-state index contributed by atoms with van der Waals surface area (Å²) in [6.07, 6.45) is -5.69. The fourth-order valence-corrected chi connectivity index (χ4v) is 5.81. The molecule has 238 valence electrons. The largest absolute Gasteiger partial charge is 0.395 e. The summed E-state index contributed by atoms with van der Waals surface area (Å²) in [5.74, 6) is -0.0851. The maximum absolute atomic E-state index is 11.6. The van der Waals surface area contributed by atoms with Gasteiger partial charge in [-0.1, -0.05) is 0 Å². The zero-order valence-electron chi connectivity index (χ0n) is 23.7. The Kier molecular flexibility index (Phi) is 11.0. The molecule has 0 aromatic heterocycles. The van der Waals surface area contributed by atoms with Crippen LogP contribution in [0.15, 0.2) is 4.99 Å². The van der Waals surface area contributed by atoms with Crippen LogP contribution in [0.3, 0.4) is 0 Å². The third-order valence-corrected chi connectivity index (χ3v) is 8.33. The Bertz CT molecular complexity index is 882. The number of nitrogens with two attached hydrogens (primary N) is 3. The lowest BCUT2D eigenvalue weighted by Crippen LogP contribution is -2.68. The van der Waals surface area contributed by atoms with E-state index in [2.05, 4.69) is 15.6 Å². The minimum Gasteiger partial charge on any atom is -0.395 e. The molecule has 3 heterocycles. The lowest BCUT2D eigenvalue weighted by Gasteiger charge is -2.48. The van der Waals surface area contributed by atoms with E-state index in [1.54, 1.807) is 7.05 Å². The van der Waals surface area contributed by atoms with Gasteiger partial charge >= 0.3 is 0 Å². The maximum Gasteiger partial charge on any atom is 0.185 e. The summed E-state index contributed by atoms with van der Waals surface area (Å²) in [4.78, 5) is 4.48. The Morgan fingerprint density at radius 1 is 1.02 bits per heavy atom. The van der Waals surface area contributed by atoms with Crippen LogP contribution in [0.5, 0.6) is 0 Å². The first-order chi connectivity index (χ1) is 19.4. The Morgan fingerprint density at radius 2 is 1.73 bits per heavy atom. The molecule has 1 aliphatic carbocycles. The van der Waals surface area contributed by atoms with Gasteiger partial charge in [-0.05, 0) is 33.2 Å². The summed E-state index contributed by atoms with van der Waals surface area (Å²) in [5.41, 5.74) is 16.1. The fourth-order valence-electron chi connectivity index (χ4n) is 5.81. The van der Waals surface area contributed by atoms with Gasteiger partial charge in [-0.25, -0.2) is 0 Å². The molecule has 0 amide bonds. The van der Waals surface area contributed by atoms with E-state index >= 15 is 0 Å². The summed E-state index contributed by atoms with van der Waals surface area (Å²) in [6.45, 7) is 2.27. The monoisotopic (exact) mass is 592 g/mol. The van der Waals surface area contributed by atoms with Crippen LogP contribution in [0.2, 0.25) is 0 Å². The van der Waals surface area contributed by atoms with Gasteiger partial charge in [0.25, 0.3) is 0 Å². The van der Waals surface area contributed by atoms with Gasteiger partial charge in [0.2, 0.25) is 0 Å². The molecule has 0 radical (unpaired) electrons. The second-order valence-electron chi connectivity index (χ2n) is 11.8. The average Bonchev–Trinajstić information content (AvgIpc) is 2.90. The Hall–Kier alpha value is -1.09. The van der Waals surface area contributed by atoms with Crippen LogP contribution in [0.25, 0.3) is 0 Å². The summed E-state index contributed by atoms with van der Waals surface area (Å²) in [6, 6.07) is -2.84. The highest BCUT2D eigenvalue weighted by Crippen LogP contribution is 2.33. The van der Waals surface area contributed by atoms with E-state index in [4.69, 9.17) is 46.0 Å². The van der Waals surface area contributed by atoms with Crippen LogP contribution in [0, 0.1) is 0 Å². The molecule has 4 aliphatic rings. The minimum absolute atomic E-state index is 0.00126. The maximum atomic E-state index is 11.6. The highest BCUT2D eigenvalue weighted by molar-refractivity contribution is 5.90. The molecule has 41 heavy (non-hydrogen) atoms. The molecule has 3 aliphatic heterocycles. The summed E-state index contributed by atoms with van der Waals surface area (Å²) in [5, 5.41) is 58.8. The van der Waals surface area contributed by atoms with Gasteiger partial charge in [0.1, 0.15) is 35.9 Å². The number of aliphatic hydroxyl groups excluding tert-OH is 3. The molecular formula is C25H48N6O10. The molecule has 0 aromatic rings. The predicted octanol–water partition coefficient (Wildman–Crippen LogP) is -5.19. The van der Waals surface area contributed by atoms with Crippen molar-refractivity contribution in [2.45, 2.75) is 105 Å². The smallest absolute Gasteiger partial charge is 0.185 e. The second kappa shape index (κ2) is 13.7. The van der Waals surface area contributed by atoms with E-state index in [1.807, 2.05) is 0 Å². The molecule has 16 heteroatoms. The fraction of sp³-hybridized carbons (Fsp3) is 0.960. The Labute approximate surface area is 239 Å². The molecule has 0 aromatic carbocycles. The Morgan fingerprint density at radius 3 is 2.37 bits per heavy atom. The molecule has 13 N–H and O–H groups in total. The van der Waals surface area contributed by atoms with Crippen molar-refractivity contribution < 1.29 is 49.2 Å². The van der Waals surface area contributed by atoms with Crippen molar-refractivity contribution in [1.29, 1.82) is 0 Å². The van der Waals surface area contributed by atoms with E-state index in [9.17, 15) is 20.4 Å². The van der Waals surface area contributed by atoms with Gasteiger partial charge < -0.3 is 77.1 Å². The van der Waals surface area contributed by atoms with E-state index in [0.717, 1.165) is 0 Å². The topological polar surface area (TPSA) is 262 Å². The zero-order chi connectivity index (χ0) is 29.9. The third-order valence-electron chi connectivity index (χ3n) is 8.33. The summed E-state index contributed by atoms with van der Waals surface area (Å²) in [7, 11) is 1.60. The molecule has 4 fully saturated rings. The normalized spacial score (nSPS) is 45.3. The van der Waals surface area contributed by atoms with Crippen LogP contribution in [-0.4, -0.2) is 156 Å². The number of nitrogens with zero attached hydrogens (tertiary/aromatic N) is 1. The Balaban J connectivity index is 1.53. The minimum atomic E-state index is -1.44. The number of ether oxygens (including phenoxy) is 5. The van der Waals surface area contributed by atoms with Gasteiger partial charge in [0.15, 0.2) is 18.2 Å². The van der Waals surface area contributed by atoms with E-state index in [1.165, 1.54) is 6.92 Å². The molecule has 0 bridgehead atoms. The van der Waals surface area contributed by atoms with Crippen LogP contribution < -0.4 is 27.8 Å². The average molecular weight is 593 g/mol. The number of hydrogen-bond donors (Lipinski definition) is 10. The van der Waals surface area contributed by atoms with Gasteiger partial charge in [0.05, 0.1) is 50.7 Å². The van der Waals surface area contributed by atoms with E-state index < -0.39 is 72.4 Å². The van der Waals surface area contributed by atoms with Gasteiger partial charge in [0, 0.05) is 19.1 Å². The van der Waals surface area contributed by atoms with E-state index in [0.29, 0.717) is 25.9 Å². The standard InChI is InChI=1S/C25H48N6O10/c1-24(35)9-38-22(17(34)20(24)29-2)41-19-15(31-23(28)25(36)10-37-11-25)7-14(27)18(16(19)33)40-21-13(26)4-3-12(39-21)8-30-5-6-32/h12-22,29-30,32-36H,3-11,26-27H2,1-2H3,(H2,28,31)/t12-,13?,14-,15+,16?,17?,18?,19?,20+,21+,22+,24?/m0/s1. The van der Waals surface area contributed by atoms with Gasteiger partial charge in [-0.2, -0.15) is 0 Å². The highest BCUT2D eigenvalue weighted by Gasteiger charge is 2.52.